The van der Waals surface area contributed by atoms with E-state index in [-0.39, 0.29) is 0 Å². The molecule has 0 saturated carbocycles. The minimum Gasteiger partial charge on any atom is -0.380 e. The number of hydrogen-bond acceptors (Lipinski definition) is 3. The third-order valence-electron chi connectivity index (χ3n) is 2.45. The first kappa shape index (κ1) is 10.8. The van der Waals surface area contributed by atoms with Crippen LogP contribution in [-0.4, -0.2) is 25.0 Å². The van der Waals surface area contributed by atoms with E-state index < -0.39 is 0 Å². The first-order valence-electron chi connectivity index (χ1n) is 5.45. The number of ether oxygens (including phenoxy) is 1. The highest BCUT2D eigenvalue weighted by Crippen LogP contribution is 2.22. The van der Waals surface area contributed by atoms with Crippen molar-refractivity contribution in [2.75, 3.05) is 24.3 Å². The summed E-state index contributed by atoms with van der Waals surface area (Å²) in [6.07, 6.45) is 1.12. The molecule has 0 aromatic heterocycles. The molecule has 15 heavy (non-hydrogen) atoms. The SMILES string of the molecule is CCSc1cccc(NC2CCOC2)c1. The summed E-state index contributed by atoms with van der Waals surface area (Å²) < 4.78 is 5.34. The third kappa shape index (κ3) is 3.14. The van der Waals surface area contributed by atoms with Crippen LogP contribution in [0.5, 0.6) is 0 Å². The summed E-state index contributed by atoms with van der Waals surface area (Å²) >= 11 is 1.88. The highest BCUT2D eigenvalue weighted by atomic mass is 32.2. The van der Waals surface area contributed by atoms with Crippen LogP contribution >= 0.6 is 11.8 Å². The zero-order chi connectivity index (χ0) is 10.5. The second kappa shape index (κ2) is 5.42. The van der Waals surface area contributed by atoms with Gasteiger partial charge in [-0.05, 0) is 30.4 Å². The zero-order valence-corrected chi connectivity index (χ0v) is 9.85. The molecule has 0 aliphatic carbocycles. The van der Waals surface area contributed by atoms with Gasteiger partial charge in [0.2, 0.25) is 0 Å². The van der Waals surface area contributed by atoms with Crippen molar-refractivity contribution in [3.05, 3.63) is 24.3 Å². The molecule has 1 aromatic rings. The van der Waals surface area contributed by atoms with Crippen LogP contribution in [0, 0.1) is 0 Å². The number of benzene rings is 1. The van der Waals surface area contributed by atoms with Gasteiger partial charge in [-0.1, -0.05) is 13.0 Å². The summed E-state index contributed by atoms with van der Waals surface area (Å²) in [5.74, 6) is 1.12. The molecule has 0 spiro atoms. The van der Waals surface area contributed by atoms with Gasteiger partial charge in [-0.3, -0.25) is 0 Å². The second-order valence-corrected chi connectivity index (χ2v) is 5.00. The normalized spacial score (nSPS) is 20.5. The van der Waals surface area contributed by atoms with Gasteiger partial charge in [-0.15, -0.1) is 11.8 Å². The van der Waals surface area contributed by atoms with E-state index in [1.165, 1.54) is 10.6 Å². The fourth-order valence-corrected chi connectivity index (χ4v) is 2.44. The van der Waals surface area contributed by atoms with E-state index in [9.17, 15) is 0 Å². The standard InChI is InChI=1S/C12H17NOS/c1-2-15-12-5-3-4-10(8-12)13-11-6-7-14-9-11/h3-5,8,11,13H,2,6-7,9H2,1H3. The first-order chi connectivity index (χ1) is 7.38. The van der Waals surface area contributed by atoms with E-state index in [1.54, 1.807) is 0 Å². The monoisotopic (exact) mass is 223 g/mol. The molecule has 0 bridgehead atoms. The number of hydrogen-bond donors (Lipinski definition) is 1. The van der Waals surface area contributed by atoms with Crippen molar-refractivity contribution in [1.29, 1.82) is 0 Å². The molecule has 2 rings (SSSR count). The van der Waals surface area contributed by atoms with E-state index in [0.29, 0.717) is 6.04 Å². The van der Waals surface area contributed by atoms with Crippen LogP contribution in [0.3, 0.4) is 0 Å². The Kier molecular flexibility index (Phi) is 3.92. The maximum atomic E-state index is 5.34. The van der Waals surface area contributed by atoms with Gasteiger partial charge in [0.05, 0.1) is 12.6 Å². The van der Waals surface area contributed by atoms with Gasteiger partial charge in [0, 0.05) is 17.2 Å². The van der Waals surface area contributed by atoms with E-state index in [2.05, 4.69) is 36.5 Å². The summed E-state index contributed by atoms with van der Waals surface area (Å²) in [6.45, 7) is 3.90. The molecule has 1 aliphatic heterocycles. The predicted octanol–water partition coefficient (Wildman–Crippen LogP) is 3.00. The van der Waals surface area contributed by atoms with E-state index in [0.717, 1.165) is 25.4 Å². The van der Waals surface area contributed by atoms with Crippen LogP contribution in [-0.2, 0) is 4.74 Å². The minimum absolute atomic E-state index is 0.492. The molecule has 2 nitrogen and oxygen atoms in total. The molecule has 1 saturated heterocycles. The lowest BCUT2D eigenvalue weighted by atomic mass is 10.2. The van der Waals surface area contributed by atoms with Crippen LogP contribution in [0.1, 0.15) is 13.3 Å². The van der Waals surface area contributed by atoms with Crippen molar-refractivity contribution >= 4 is 17.4 Å². The van der Waals surface area contributed by atoms with E-state index >= 15 is 0 Å². The summed E-state index contributed by atoms with van der Waals surface area (Å²) in [5, 5.41) is 3.50. The number of thioether (sulfide) groups is 1. The van der Waals surface area contributed by atoms with Crippen LogP contribution in [0.4, 0.5) is 5.69 Å². The zero-order valence-electron chi connectivity index (χ0n) is 9.03. The summed E-state index contributed by atoms with van der Waals surface area (Å²) in [7, 11) is 0. The largest absolute Gasteiger partial charge is 0.380 e. The highest BCUT2D eigenvalue weighted by Gasteiger charge is 2.14. The lowest BCUT2D eigenvalue weighted by molar-refractivity contribution is 0.195. The Morgan fingerprint density at radius 2 is 2.47 bits per heavy atom. The molecule has 1 fully saturated rings. The van der Waals surface area contributed by atoms with Gasteiger partial charge in [0.25, 0.3) is 0 Å². The van der Waals surface area contributed by atoms with Gasteiger partial charge in [-0.2, -0.15) is 0 Å². The van der Waals surface area contributed by atoms with Crippen molar-refractivity contribution in [2.24, 2.45) is 0 Å². The van der Waals surface area contributed by atoms with Crippen LogP contribution in [0.25, 0.3) is 0 Å². The molecular formula is C12H17NOS. The van der Waals surface area contributed by atoms with Gasteiger partial charge in [-0.25, -0.2) is 0 Å². The molecule has 0 amide bonds. The Labute approximate surface area is 95.4 Å². The molecule has 1 atom stereocenters. The maximum absolute atomic E-state index is 5.34. The topological polar surface area (TPSA) is 21.3 Å². The van der Waals surface area contributed by atoms with Crippen LogP contribution in [0.15, 0.2) is 29.2 Å². The lowest BCUT2D eigenvalue weighted by Crippen LogP contribution is -2.18. The fraction of sp³-hybridized carbons (Fsp3) is 0.500. The van der Waals surface area contributed by atoms with Gasteiger partial charge in [0.1, 0.15) is 0 Å². The van der Waals surface area contributed by atoms with Gasteiger partial charge in [0.15, 0.2) is 0 Å². The molecule has 1 aliphatic rings. The molecule has 1 heterocycles. The Balaban J connectivity index is 1.97. The first-order valence-corrected chi connectivity index (χ1v) is 6.44. The molecule has 1 N–H and O–H groups in total. The Hall–Kier alpha value is -0.670. The van der Waals surface area contributed by atoms with E-state index in [1.807, 2.05) is 11.8 Å². The minimum atomic E-state index is 0.492. The van der Waals surface area contributed by atoms with Crippen molar-refractivity contribution in [3.8, 4) is 0 Å². The summed E-state index contributed by atoms with van der Waals surface area (Å²) in [5.41, 5.74) is 1.21. The van der Waals surface area contributed by atoms with Crippen LogP contribution < -0.4 is 5.32 Å². The summed E-state index contributed by atoms with van der Waals surface area (Å²) in [6, 6.07) is 9.09. The number of anilines is 1. The Bertz CT molecular complexity index is 310. The van der Waals surface area contributed by atoms with Crippen LogP contribution in [0.2, 0.25) is 0 Å². The van der Waals surface area contributed by atoms with Crippen molar-refractivity contribution < 1.29 is 4.74 Å². The predicted molar refractivity (Wildman–Crippen MR) is 65.7 cm³/mol. The Morgan fingerprint density at radius 1 is 1.53 bits per heavy atom. The molecule has 82 valence electrons. The smallest absolute Gasteiger partial charge is 0.0668 e. The average molecular weight is 223 g/mol. The lowest BCUT2D eigenvalue weighted by Gasteiger charge is -2.12. The number of nitrogens with one attached hydrogen (secondary N) is 1. The van der Waals surface area contributed by atoms with Crippen molar-refractivity contribution in [1.82, 2.24) is 0 Å². The highest BCUT2D eigenvalue weighted by molar-refractivity contribution is 7.99. The number of rotatable bonds is 4. The molecule has 3 heteroatoms. The Morgan fingerprint density at radius 3 is 3.20 bits per heavy atom. The molecular weight excluding hydrogens is 206 g/mol. The quantitative estimate of drug-likeness (QED) is 0.793. The van der Waals surface area contributed by atoms with Crippen molar-refractivity contribution in [3.63, 3.8) is 0 Å². The van der Waals surface area contributed by atoms with Crippen molar-refractivity contribution in [2.45, 2.75) is 24.3 Å². The fourth-order valence-electron chi connectivity index (χ4n) is 1.73. The van der Waals surface area contributed by atoms with E-state index in [4.69, 9.17) is 4.74 Å². The third-order valence-corrected chi connectivity index (χ3v) is 3.32. The van der Waals surface area contributed by atoms with Gasteiger partial charge < -0.3 is 10.1 Å². The molecule has 1 aromatic carbocycles. The second-order valence-electron chi connectivity index (χ2n) is 3.67. The maximum Gasteiger partial charge on any atom is 0.0668 e. The average Bonchev–Trinajstić information content (AvgIpc) is 2.71. The molecule has 0 radical (unpaired) electrons. The molecule has 1 unspecified atom stereocenters. The summed E-state index contributed by atoms with van der Waals surface area (Å²) in [4.78, 5) is 1.33. The van der Waals surface area contributed by atoms with Gasteiger partial charge >= 0.3 is 0 Å².